The normalized spacial score (nSPS) is 10.9. The molecule has 1 aromatic rings. The topological polar surface area (TPSA) is 56.8 Å². The highest BCUT2D eigenvalue weighted by atomic mass is 16.6. The summed E-state index contributed by atoms with van der Waals surface area (Å²) in [5.41, 5.74) is 0.0299. The Hall–Kier alpha value is -1.91. The Labute approximate surface area is 126 Å². The molecule has 1 aromatic carbocycles. The number of hydrogen-bond acceptors (Lipinski definition) is 4. The Morgan fingerprint density at radius 3 is 2.19 bits per heavy atom. The molecule has 0 heterocycles. The zero-order chi connectivity index (χ0) is 15.9. The lowest BCUT2D eigenvalue weighted by atomic mass is 9.97. The summed E-state index contributed by atoms with van der Waals surface area (Å²) in [7, 11) is 3.17. The molecule has 1 amide bonds. The highest BCUT2D eigenvalue weighted by Gasteiger charge is 2.26. The van der Waals surface area contributed by atoms with Crippen molar-refractivity contribution in [3.63, 3.8) is 0 Å². The first kappa shape index (κ1) is 17.1. The number of carbonyl (C=O) groups is 1. The number of rotatable bonds is 7. The van der Waals surface area contributed by atoms with Crippen LogP contribution in [0.2, 0.25) is 0 Å². The van der Waals surface area contributed by atoms with E-state index in [-0.39, 0.29) is 0 Å². The van der Waals surface area contributed by atoms with E-state index in [0.29, 0.717) is 18.0 Å². The first-order valence-electron chi connectivity index (χ1n) is 7.13. The average Bonchev–Trinajstić information content (AvgIpc) is 2.46. The molecule has 5 nitrogen and oxygen atoms in total. The quantitative estimate of drug-likeness (QED) is 0.783. The summed E-state index contributed by atoms with van der Waals surface area (Å²) in [5.74, 6) is 1.32. The van der Waals surface area contributed by atoms with E-state index < -0.39 is 11.7 Å². The molecule has 0 radical (unpaired) electrons. The number of methoxy groups -OCH3 is 2. The Kier molecular flexibility index (Phi) is 6.34. The molecule has 5 heteroatoms. The number of amides is 1. The molecule has 0 saturated carbocycles. The monoisotopic (exact) mass is 295 g/mol. The molecule has 0 aliphatic rings. The predicted octanol–water partition coefficient (Wildman–Crippen LogP) is 3.47. The number of hydrogen-bond donors (Lipinski definition) is 1. The number of nitrogens with one attached hydrogen (secondary N) is 1. The van der Waals surface area contributed by atoms with Gasteiger partial charge in [-0.3, -0.25) is 0 Å². The van der Waals surface area contributed by atoms with Crippen molar-refractivity contribution in [2.24, 2.45) is 0 Å². The van der Waals surface area contributed by atoms with Crippen molar-refractivity contribution in [3.05, 3.63) is 23.8 Å². The SMILES string of the molecule is CCCCNC(=O)OC(C)(C)c1cc(OC)cc(OC)c1. The van der Waals surface area contributed by atoms with Crippen LogP contribution in [0.4, 0.5) is 4.79 Å². The minimum Gasteiger partial charge on any atom is -0.497 e. The Bertz CT molecular complexity index is 449. The van der Waals surface area contributed by atoms with Gasteiger partial charge in [0.15, 0.2) is 0 Å². The standard InChI is InChI=1S/C16H25NO4/c1-6-7-8-17-15(18)21-16(2,3)12-9-13(19-4)11-14(10-12)20-5/h9-11H,6-8H2,1-5H3,(H,17,18). The maximum Gasteiger partial charge on any atom is 0.408 e. The van der Waals surface area contributed by atoms with Crippen LogP contribution in [0, 0.1) is 0 Å². The Morgan fingerprint density at radius 1 is 1.14 bits per heavy atom. The summed E-state index contributed by atoms with van der Waals surface area (Å²) in [6.07, 6.45) is 1.54. The van der Waals surface area contributed by atoms with E-state index in [9.17, 15) is 4.79 Å². The average molecular weight is 295 g/mol. The first-order valence-corrected chi connectivity index (χ1v) is 7.13. The van der Waals surface area contributed by atoms with Gasteiger partial charge >= 0.3 is 6.09 Å². The van der Waals surface area contributed by atoms with Gasteiger partial charge in [-0.15, -0.1) is 0 Å². The van der Waals surface area contributed by atoms with Gasteiger partial charge in [0.1, 0.15) is 17.1 Å². The molecular weight excluding hydrogens is 270 g/mol. The van der Waals surface area contributed by atoms with E-state index >= 15 is 0 Å². The van der Waals surface area contributed by atoms with E-state index in [0.717, 1.165) is 18.4 Å². The maximum absolute atomic E-state index is 11.8. The summed E-state index contributed by atoms with van der Waals surface area (Å²) in [6, 6.07) is 5.45. The molecule has 118 valence electrons. The first-order chi connectivity index (χ1) is 9.92. The second-order valence-corrected chi connectivity index (χ2v) is 5.28. The van der Waals surface area contributed by atoms with Crippen LogP contribution >= 0.6 is 0 Å². The van der Waals surface area contributed by atoms with Crippen LogP contribution in [0.1, 0.15) is 39.2 Å². The number of benzene rings is 1. The largest absolute Gasteiger partial charge is 0.497 e. The summed E-state index contributed by atoms with van der Waals surface area (Å²) in [6.45, 7) is 6.35. The van der Waals surface area contributed by atoms with Crippen molar-refractivity contribution in [1.29, 1.82) is 0 Å². The molecule has 0 saturated heterocycles. The molecule has 0 bridgehead atoms. The molecule has 21 heavy (non-hydrogen) atoms. The lowest BCUT2D eigenvalue weighted by Crippen LogP contribution is -2.33. The van der Waals surface area contributed by atoms with Crippen molar-refractivity contribution in [3.8, 4) is 11.5 Å². The van der Waals surface area contributed by atoms with Gasteiger partial charge in [-0.2, -0.15) is 0 Å². The molecule has 0 spiro atoms. The van der Waals surface area contributed by atoms with E-state index in [2.05, 4.69) is 12.2 Å². The molecule has 0 fully saturated rings. The zero-order valence-corrected chi connectivity index (χ0v) is 13.5. The fraction of sp³-hybridized carbons (Fsp3) is 0.562. The molecule has 0 unspecified atom stereocenters. The highest BCUT2D eigenvalue weighted by Crippen LogP contribution is 2.32. The zero-order valence-electron chi connectivity index (χ0n) is 13.5. The minimum absolute atomic E-state index is 0.421. The number of alkyl carbamates (subject to hydrolysis) is 1. The second kappa shape index (κ2) is 7.76. The molecule has 0 aliphatic carbocycles. The van der Waals surface area contributed by atoms with Gasteiger partial charge in [0.05, 0.1) is 14.2 Å². The van der Waals surface area contributed by atoms with Gasteiger partial charge in [0.2, 0.25) is 0 Å². The van der Waals surface area contributed by atoms with E-state index in [1.165, 1.54) is 0 Å². The summed E-state index contributed by atoms with van der Waals surface area (Å²) in [5, 5.41) is 2.74. The molecule has 0 aliphatic heterocycles. The maximum atomic E-state index is 11.8. The van der Waals surface area contributed by atoms with Gasteiger partial charge in [-0.25, -0.2) is 4.79 Å². The fourth-order valence-corrected chi connectivity index (χ4v) is 1.85. The van der Waals surface area contributed by atoms with Crippen molar-refractivity contribution in [1.82, 2.24) is 5.32 Å². The third-order valence-corrected chi connectivity index (χ3v) is 3.19. The van der Waals surface area contributed by atoms with Gasteiger partial charge in [-0.05, 0) is 32.4 Å². The van der Waals surface area contributed by atoms with E-state index in [1.54, 1.807) is 20.3 Å². The lowest BCUT2D eigenvalue weighted by Gasteiger charge is -2.26. The molecular formula is C16H25NO4. The Balaban J connectivity index is 2.83. The van der Waals surface area contributed by atoms with Crippen LogP contribution in [-0.2, 0) is 10.3 Å². The minimum atomic E-state index is -0.780. The van der Waals surface area contributed by atoms with Crippen molar-refractivity contribution in [2.45, 2.75) is 39.2 Å². The summed E-state index contributed by atoms with van der Waals surface area (Å²) < 4.78 is 16.0. The smallest absolute Gasteiger partial charge is 0.408 e. The third-order valence-electron chi connectivity index (χ3n) is 3.19. The van der Waals surface area contributed by atoms with Crippen molar-refractivity contribution >= 4 is 6.09 Å². The Morgan fingerprint density at radius 2 is 1.71 bits per heavy atom. The fourth-order valence-electron chi connectivity index (χ4n) is 1.85. The summed E-state index contributed by atoms with van der Waals surface area (Å²) in [4.78, 5) is 11.8. The highest BCUT2D eigenvalue weighted by molar-refractivity contribution is 5.68. The van der Waals surface area contributed by atoms with Gasteiger partial charge in [0, 0.05) is 18.2 Å². The van der Waals surface area contributed by atoms with Crippen molar-refractivity contribution < 1.29 is 19.0 Å². The molecule has 0 aromatic heterocycles. The van der Waals surface area contributed by atoms with Crippen LogP contribution in [0.5, 0.6) is 11.5 Å². The van der Waals surface area contributed by atoms with Gasteiger partial charge < -0.3 is 19.5 Å². The van der Waals surface area contributed by atoms with E-state index in [1.807, 2.05) is 26.0 Å². The lowest BCUT2D eigenvalue weighted by molar-refractivity contribution is 0.0361. The molecule has 1 rings (SSSR count). The number of ether oxygens (including phenoxy) is 3. The predicted molar refractivity (Wildman–Crippen MR) is 82.0 cm³/mol. The van der Waals surface area contributed by atoms with Crippen LogP contribution in [0.25, 0.3) is 0 Å². The van der Waals surface area contributed by atoms with E-state index in [4.69, 9.17) is 14.2 Å². The second-order valence-electron chi connectivity index (χ2n) is 5.28. The molecule has 1 N–H and O–H groups in total. The van der Waals surface area contributed by atoms with Gasteiger partial charge in [0.25, 0.3) is 0 Å². The van der Waals surface area contributed by atoms with Crippen LogP contribution in [-0.4, -0.2) is 26.9 Å². The summed E-state index contributed by atoms with van der Waals surface area (Å²) >= 11 is 0. The molecule has 0 atom stereocenters. The third kappa shape index (κ3) is 5.17. The number of unbranched alkanes of at least 4 members (excludes halogenated alkanes) is 1. The van der Waals surface area contributed by atoms with Crippen LogP contribution in [0.15, 0.2) is 18.2 Å². The van der Waals surface area contributed by atoms with Crippen molar-refractivity contribution in [2.75, 3.05) is 20.8 Å². The van der Waals surface area contributed by atoms with Crippen LogP contribution < -0.4 is 14.8 Å². The number of carbonyl (C=O) groups excluding carboxylic acids is 1. The van der Waals surface area contributed by atoms with Gasteiger partial charge in [-0.1, -0.05) is 13.3 Å². The van der Waals surface area contributed by atoms with Crippen LogP contribution in [0.3, 0.4) is 0 Å².